The Morgan fingerprint density at radius 3 is 2.58 bits per heavy atom. The SMILES string of the molecule is O=C(c1cnoc1-c1ccccc1)N1CCCCC1. The van der Waals surface area contributed by atoms with E-state index in [4.69, 9.17) is 4.52 Å². The van der Waals surface area contributed by atoms with Crippen LogP contribution in [0.3, 0.4) is 0 Å². The van der Waals surface area contributed by atoms with E-state index in [9.17, 15) is 4.79 Å². The number of carbonyl (C=O) groups is 1. The maximum Gasteiger partial charge on any atom is 0.259 e. The Morgan fingerprint density at radius 2 is 1.84 bits per heavy atom. The summed E-state index contributed by atoms with van der Waals surface area (Å²) in [5, 5.41) is 3.79. The molecule has 1 aromatic heterocycles. The van der Waals surface area contributed by atoms with Gasteiger partial charge in [-0.2, -0.15) is 0 Å². The highest BCUT2D eigenvalue weighted by Gasteiger charge is 2.24. The topological polar surface area (TPSA) is 46.3 Å². The first kappa shape index (κ1) is 12.0. The van der Waals surface area contributed by atoms with Crippen LogP contribution in [0, 0.1) is 0 Å². The predicted molar refractivity (Wildman–Crippen MR) is 71.7 cm³/mol. The number of likely N-dealkylation sites (tertiary alicyclic amines) is 1. The molecule has 98 valence electrons. The number of benzene rings is 1. The maximum atomic E-state index is 12.5. The Hall–Kier alpha value is -2.10. The average molecular weight is 256 g/mol. The number of piperidine rings is 1. The molecule has 0 bridgehead atoms. The van der Waals surface area contributed by atoms with Gasteiger partial charge in [0.2, 0.25) is 0 Å². The summed E-state index contributed by atoms with van der Waals surface area (Å²) >= 11 is 0. The van der Waals surface area contributed by atoms with E-state index < -0.39 is 0 Å². The molecule has 0 radical (unpaired) electrons. The van der Waals surface area contributed by atoms with Crippen molar-refractivity contribution in [1.29, 1.82) is 0 Å². The van der Waals surface area contributed by atoms with Crippen LogP contribution in [0.25, 0.3) is 11.3 Å². The highest BCUT2D eigenvalue weighted by molar-refractivity contribution is 5.99. The van der Waals surface area contributed by atoms with Crippen molar-refractivity contribution in [3.63, 3.8) is 0 Å². The van der Waals surface area contributed by atoms with Gasteiger partial charge in [0.1, 0.15) is 5.56 Å². The zero-order valence-electron chi connectivity index (χ0n) is 10.7. The minimum absolute atomic E-state index is 0.0276. The molecule has 4 nitrogen and oxygen atoms in total. The lowest BCUT2D eigenvalue weighted by Gasteiger charge is -2.26. The highest BCUT2D eigenvalue weighted by Crippen LogP contribution is 2.25. The first-order valence-electron chi connectivity index (χ1n) is 6.65. The monoisotopic (exact) mass is 256 g/mol. The summed E-state index contributed by atoms with van der Waals surface area (Å²) in [6, 6.07) is 9.63. The van der Waals surface area contributed by atoms with E-state index in [-0.39, 0.29) is 5.91 Å². The molecule has 0 aliphatic carbocycles. The first-order chi connectivity index (χ1) is 9.36. The summed E-state index contributed by atoms with van der Waals surface area (Å²) in [4.78, 5) is 14.4. The first-order valence-corrected chi connectivity index (χ1v) is 6.65. The number of hydrogen-bond acceptors (Lipinski definition) is 3. The number of aromatic nitrogens is 1. The Morgan fingerprint density at radius 1 is 1.11 bits per heavy atom. The summed E-state index contributed by atoms with van der Waals surface area (Å²) in [7, 11) is 0. The van der Waals surface area contributed by atoms with Crippen LogP contribution >= 0.6 is 0 Å². The van der Waals surface area contributed by atoms with Gasteiger partial charge in [-0.15, -0.1) is 0 Å². The smallest absolute Gasteiger partial charge is 0.259 e. The molecule has 3 rings (SSSR count). The van der Waals surface area contributed by atoms with E-state index in [0.717, 1.165) is 31.5 Å². The van der Waals surface area contributed by atoms with Crippen molar-refractivity contribution in [2.75, 3.05) is 13.1 Å². The molecule has 19 heavy (non-hydrogen) atoms. The van der Waals surface area contributed by atoms with Gasteiger partial charge in [0.25, 0.3) is 5.91 Å². The highest BCUT2D eigenvalue weighted by atomic mass is 16.5. The van der Waals surface area contributed by atoms with E-state index in [2.05, 4.69) is 5.16 Å². The molecule has 1 fully saturated rings. The van der Waals surface area contributed by atoms with Gasteiger partial charge in [-0.1, -0.05) is 35.5 Å². The fourth-order valence-corrected chi connectivity index (χ4v) is 2.46. The normalized spacial score (nSPS) is 15.5. The van der Waals surface area contributed by atoms with E-state index in [0.29, 0.717) is 11.3 Å². The van der Waals surface area contributed by atoms with Gasteiger partial charge in [0.05, 0.1) is 6.20 Å². The van der Waals surface area contributed by atoms with E-state index in [1.165, 1.54) is 12.6 Å². The largest absolute Gasteiger partial charge is 0.355 e. The quantitative estimate of drug-likeness (QED) is 0.829. The molecule has 4 heteroatoms. The second kappa shape index (κ2) is 5.26. The third kappa shape index (κ3) is 2.38. The molecule has 0 unspecified atom stereocenters. The summed E-state index contributed by atoms with van der Waals surface area (Å²) in [6.45, 7) is 1.66. The van der Waals surface area contributed by atoms with Gasteiger partial charge >= 0.3 is 0 Å². The van der Waals surface area contributed by atoms with Crippen LogP contribution in [-0.4, -0.2) is 29.1 Å². The number of rotatable bonds is 2. The van der Waals surface area contributed by atoms with Crippen molar-refractivity contribution < 1.29 is 9.32 Å². The predicted octanol–water partition coefficient (Wildman–Crippen LogP) is 2.97. The molecular formula is C15H16N2O2. The Kier molecular flexibility index (Phi) is 3.31. The molecule has 1 aliphatic heterocycles. The number of amides is 1. The second-order valence-electron chi connectivity index (χ2n) is 4.79. The average Bonchev–Trinajstić information content (AvgIpc) is 2.98. The minimum atomic E-state index is 0.0276. The number of hydrogen-bond donors (Lipinski definition) is 0. The van der Waals surface area contributed by atoms with Crippen molar-refractivity contribution in [2.45, 2.75) is 19.3 Å². The summed E-state index contributed by atoms with van der Waals surface area (Å²) in [5.74, 6) is 0.593. The van der Waals surface area contributed by atoms with Crippen molar-refractivity contribution >= 4 is 5.91 Å². The van der Waals surface area contributed by atoms with Gasteiger partial charge < -0.3 is 9.42 Å². The molecular weight excluding hydrogens is 240 g/mol. The van der Waals surface area contributed by atoms with Gasteiger partial charge in [-0.25, -0.2) is 0 Å². The van der Waals surface area contributed by atoms with Gasteiger partial charge in [0, 0.05) is 18.7 Å². The van der Waals surface area contributed by atoms with Crippen LogP contribution in [0.15, 0.2) is 41.1 Å². The lowest BCUT2D eigenvalue weighted by Crippen LogP contribution is -2.35. The van der Waals surface area contributed by atoms with Gasteiger partial charge in [0.15, 0.2) is 5.76 Å². The maximum absolute atomic E-state index is 12.5. The van der Waals surface area contributed by atoms with E-state index in [1.807, 2.05) is 35.2 Å². The van der Waals surface area contributed by atoms with Crippen molar-refractivity contribution in [3.05, 3.63) is 42.1 Å². The van der Waals surface area contributed by atoms with Crippen molar-refractivity contribution in [3.8, 4) is 11.3 Å². The molecule has 0 saturated carbocycles. The van der Waals surface area contributed by atoms with Crippen LogP contribution in [0.5, 0.6) is 0 Å². The van der Waals surface area contributed by atoms with E-state index >= 15 is 0 Å². The van der Waals surface area contributed by atoms with Crippen LogP contribution in [0.4, 0.5) is 0 Å². The third-order valence-electron chi connectivity index (χ3n) is 3.48. The van der Waals surface area contributed by atoms with Gasteiger partial charge in [-0.05, 0) is 19.3 Å². The van der Waals surface area contributed by atoms with E-state index in [1.54, 1.807) is 0 Å². The Labute approximate surface area is 112 Å². The molecule has 0 N–H and O–H groups in total. The van der Waals surface area contributed by atoms with Crippen molar-refractivity contribution in [2.24, 2.45) is 0 Å². The molecule has 2 heterocycles. The zero-order valence-corrected chi connectivity index (χ0v) is 10.7. The van der Waals surface area contributed by atoms with Crippen LogP contribution in [0.1, 0.15) is 29.6 Å². The lowest BCUT2D eigenvalue weighted by atomic mass is 10.1. The number of nitrogens with zero attached hydrogens (tertiary/aromatic N) is 2. The Bertz CT molecular complexity index is 557. The Balaban J connectivity index is 1.89. The molecule has 1 amide bonds. The second-order valence-corrected chi connectivity index (χ2v) is 4.79. The zero-order chi connectivity index (χ0) is 13.1. The molecule has 0 spiro atoms. The fourth-order valence-electron chi connectivity index (χ4n) is 2.46. The summed E-state index contributed by atoms with van der Waals surface area (Å²) < 4.78 is 5.27. The van der Waals surface area contributed by atoms with Crippen LogP contribution in [-0.2, 0) is 0 Å². The standard InChI is InChI=1S/C15H16N2O2/c18-15(17-9-5-2-6-10-17)13-11-16-19-14(13)12-7-3-1-4-8-12/h1,3-4,7-8,11H,2,5-6,9-10H2. The molecule has 1 aromatic carbocycles. The minimum Gasteiger partial charge on any atom is -0.355 e. The molecule has 0 atom stereocenters. The van der Waals surface area contributed by atoms with Crippen molar-refractivity contribution in [1.82, 2.24) is 10.1 Å². The summed E-state index contributed by atoms with van der Waals surface area (Å²) in [6.07, 6.45) is 4.90. The fraction of sp³-hybridized carbons (Fsp3) is 0.333. The molecule has 2 aromatic rings. The van der Waals surface area contributed by atoms with Crippen LogP contribution < -0.4 is 0 Å². The molecule has 1 saturated heterocycles. The summed E-state index contributed by atoms with van der Waals surface area (Å²) in [5.41, 5.74) is 1.45. The molecule has 1 aliphatic rings. The third-order valence-corrected chi connectivity index (χ3v) is 3.48. The van der Waals surface area contributed by atoms with Crippen LogP contribution in [0.2, 0.25) is 0 Å². The number of carbonyl (C=O) groups excluding carboxylic acids is 1. The lowest BCUT2D eigenvalue weighted by molar-refractivity contribution is 0.0724. The van der Waals surface area contributed by atoms with Gasteiger partial charge in [-0.3, -0.25) is 4.79 Å².